The van der Waals surface area contributed by atoms with Crippen molar-refractivity contribution in [1.82, 2.24) is 9.97 Å². The smallest absolute Gasteiger partial charge is 0.316 e. The number of benzene rings is 1. The van der Waals surface area contributed by atoms with Gasteiger partial charge in [-0.05, 0) is 38.1 Å². The highest BCUT2D eigenvalue weighted by Gasteiger charge is 2.08. The molecule has 0 aliphatic rings. The molecule has 0 radical (unpaired) electrons. The van der Waals surface area contributed by atoms with Crippen LogP contribution >= 0.6 is 35.0 Å². The van der Waals surface area contributed by atoms with Gasteiger partial charge in [0.15, 0.2) is 5.16 Å². The van der Waals surface area contributed by atoms with E-state index in [4.69, 9.17) is 32.7 Å². The Labute approximate surface area is 154 Å². The Balaban J connectivity index is 1.69. The highest BCUT2D eigenvalue weighted by Crippen LogP contribution is 2.27. The number of esters is 1. The molecule has 0 fully saturated rings. The lowest BCUT2D eigenvalue weighted by Gasteiger charge is -2.09. The summed E-state index contributed by atoms with van der Waals surface area (Å²) in [4.78, 5) is 20.2. The summed E-state index contributed by atoms with van der Waals surface area (Å²) in [5.74, 6) is 0.286. The van der Waals surface area contributed by atoms with Crippen molar-refractivity contribution >= 4 is 40.9 Å². The van der Waals surface area contributed by atoms with Crippen LogP contribution in [0.5, 0.6) is 5.75 Å². The Kier molecular flexibility index (Phi) is 7.15. The number of hydrogen-bond donors (Lipinski definition) is 0. The molecule has 0 saturated carbocycles. The van der Waals surface area contributed by atoms with E-state index >= 15 is 0 Å². The zero-order valence-electron chi connectivity index (χ0n) is 13.2. The first kappa shape index (κ1) is 18.8. The summed E-state index contributed by atoms with van der Waals surface area (Å²) in [5.41, 5.74) is 1.73. The molecule has 0 saturated heterocycles. The van der Waals surface area contributed by atoms with E-state index in [0.717, 1.165) is 11.4 Å². The summed E-state index contributed by atoms with van der Waals surface area (Å²) in [7, 11) is 0. The van der Waals surface area contributed by atoms with Crippen LogP contribution in [0.4, 0.5) is 0 Å². The first-order valence-electron chi connectivity index (χ1n) is 7.12. The topological polar surface area (TPSA) is 61.3 Å². The first-order chi connectivity index (χ1) is 11.4. The third-order valence-corrected chi connectivity index (χ3v) is 4.13. The molecule has 1 aromatic carbocycles. The van der Waals surface area contributed by atoms with Gasteiger partial charge in [-0.1, -0.05) is 35.0 Å². The maximum atomic E-state index is 11.7. The molecule has 24 heavy (non-hydrogen) atoms. The molecule has 0 spiro atoms. The van der Waals surface area contributed by atoms with Crippen molar-refractivity contribution in [2.24, 2.45) is 0 Å². The van der Waals surface area contributed by atoms with Gasteiger partial charge in [-0.25, -0.2) is 9.97 Å². The molecule has 2 rings (SSSR count). The third kappa shape index (κ3) is 6.19. The van der Waals surface area contributed by atoms with Crippen molar-refractivity contribution in [3.8, 4) is 5.75 Å². The van der Waals surface area contributed by atoms with Crippen molar-refractivity contribution in [2.75, 3.05) is 19.0 Å². The molecule has 0 aliphatic carbocycles. The van der Waals surface area contributed by atoms with Gasteiger partial charge in [0.2, 0.25) is 0 Å². The summed E-state index contributed by atoms with van der Waals surface area (Å²) in [6.45, 7) is 4.11. The van der Waals surface area contributed by atoms with Gasteiger partial charge in [-0.15, -0.1) is 0 Å². The van der Waals surface area contributed by atoms with Gasteiger partial charge in [-0.3, -0.25) is 4.79 Å². The summed E-state index contributed by atoms with van der Waals surface area (Å²) in [5, 5.41) is 1.51. The minimum absolute atomic E-state index is 0.131. The van der Waals surface area contributed by atoms with E-state index in [0.29, 0.717) is 21.0 Å². The number of rotatable bonds is 7. The van der Waals surface area contributed by atoms with E-state index in [9.17, 15) is 4.79 Å². The second kappa shape index (κ2) is 9.11. The van der Waals surface area contributed by atoms with Crippen LogP contribution in [0.25, 0.3) is 0 Å². The van der Waals surface area contributed by atoms with Crippen LogP contribution in [0, 0.1) is 13.8 Å². The summed E-state index contributed by atoms with van der Waals surface area (Å²) >= 11 is 13.0. The van der Waals surface area contributed by atoms with Crippen LogP contribution in [-0.2, 0) is 9.53 Å². The predicted molar refractivity (Wildman–Crippen MR) is 95.1 cm³/mol. The Morgan fingerprint density at radius 1 is 1.12 bits per heavy atom. The lowest BCUT2D eigenvalue weighted by molar-refractivity contribution is -0.141. The maximum Gasteiger partial charge on any atom is 0.316 e. The van der Waals surface area contributed by atoms with Gasteiger partial charge in [-0.2, -0.15) is 0 Å². The van der Waals surface area contributed by atoms with Gasteiger partial charge < -0.3 is 9.47 Å². The van der Waals surface area contributed by atoms with E-state index in [1.807, 2.05) is 19.9 Å². The molecule has 5 nitrogen and oxygen atoms in total. The van der Waals surface area contributed by atoms with Crippen molar-refractivity contribution in [2.45, 2.75) is 19.0 Å². The first-order valence-corrected chi connectivity index (χ1v) is 8.87. The molecule has 2 aromatic rings. The minimum atomic E-state index is -0.353. The Morgan fingerprint density at radius 3 is 2.50 bits per heavy atom. The molecule has 0 aliphatic heterocycles. The summed E-state index contributed by atoms with van der Waals surface area (Å²) in [6.07, 6.45) is 0. The molecule has 1 heterocycles. The number of ether oxygens (including phenoxy) is 2. The van der Waals surface area contributed by atoms with E-state index < -0.39 is 0 Å². The van der Waals surface area contributed by atoms with Crippen LogP contribution < -0.4 is 4.74 Å². The van der Waals surface area contributed by atoms with Crippen molar-refractivity contribution < 1.29 is 14.3 Å². The van der Waals surface area contributed by atoms with Gasteiger partial charge >= 0.3 is 5.97 Å². The number of aryl methyl sites for hydroxylation is 2. The molecule has 0 amide bonds. The fraction of sp³-hybridized carbons (Fsp3) is 0.312. The Morgan fingerprint density at radius 2 is 1.83 bits per heavy atom. The lowest BCUT2D eigenvalue weighted by atomic mass is 10.3. The van der Waals surface area contributed by atoms with Crippen LogP contribution in [0.2, 0.25) is 10.0 Å². The number of thioether (sulfide) groups is 1. The average molecular weight is 387 g/mol. The van der Waals surface area contributed by atoms with Crippen LogP contribution in [0.1, 0.15) is 11.4 Å². The van der Waals surface area contributed by atoms with Gasteiger partial charge in [0, 0.05) is 16.4 Å². The van der Waals surface area contributed by atoms with Gasteiger partial charge in [0.05, 0.1) is 10.8 Å². The Bertz CT molecular complexity index is 708. The molecular weight excluding hydrogens is 371 g/mol. The SMILES string of the molecule is Cc1cc(C)nc(SCC(=O)OCCOc2ccc(Cl)cc2Cl)n1. The van der Waals surface area contributed by atoms with Crippen molar-refractivity contribution in [3.63, 3.8) is 0 Å². The Hall–Kier alpha value is -1.50. The fourth-order valence-electron chi connectivity index (χ4n) is 1.82. The largest absolute Gasteiger partial charge is 0.488 e. The molecule has 8 heteroatoms. The molecule has 0 atom stereocenters. The molecule has 128 valence electrons. The molecule has 0 bridgehead atoms. The second-order valence-electron chi connectivity index (χ2n) is 4.87. The lowest BCUT2D eigenvalue weighted by Crippen LogP contribution is -2.14. The minimum Gasteiger partial charge on any atom is -0.488 e. The van der Waals surface area contributed by atoms with E-state index in [-0.39, 0.29) is 24.9 Å². The van der Waals surface area contributed by atoms with Crippen molar-refractivity contribution in [1.29, 1.82) is 0 Å². The van der Waals surface area contributed by atoms with Crippen LogP contribution in [0.3, 0.4) is 0 Å². The molecule has 0 N–H and O–H groups in total. The number of nitrogens with zero attached hydrogens (tertiary/aromatic N) is 2. The maximum absolute atomic E-state index is 11.7. The van der Waals surface area contributed by atoms with Crippen LogP contribution in [0.15, 0.2) is 29.4 Å². The summed E-state index contributed by atoms with van der Waals surface area (Å²) in [6, 6.07) is 6.81. The molecular formula is C16H16Cl2N2O3S. The van der Waals surface area contributed by atoms with Crippen LogP contribution in [-0.4, -0.2) is 34.9 Å². The van der Waals surface area contributed by atoms with Gasteiger partial charge in [0.25, 0.3) is 0 Å². The number of carbonyl (C=O) groups is 1. The van der Waals surface area contributed by atoms with E-state index in [1.54, 1.807) is 18.2 Å². The normalized spacial score (nSPS) is 10.5. The standard InChI is InChI=1S/C16H16Cl2N2O3S/c1-10-7-11(2)20-16(19-10)24-9-15(21)23-6-5-22-14-4-3-12(17)8-13(14)18/h3-4,7-8H,5-6,9H2,1-2H3. The predicted octanol–water partition coefficient (Wildman–Crippen LogP) is 4.11. The quantitative estimate of drug-likeness (QED) is 0.308. The van der Waals surface area contributed by atoms with E-state index in [1.165, 1.54) is 11.8 Å². The number of carbonyl (C=O) groups excluding carboxylic acids is 1. The van der Waals surface area contributed by atoms with Gasteiger partial charge in [0.1, 0.15) is 19.0 Å². The number of hydrogen-bond acceptors (Lipinski definition) is 6. The number of aromatic nitrogens is 2. The number of halogens is 2. The summed E-state index contributed by atoms with van der Waals surface area (Å²) < 4.78 is 10.5. The monoisotopic (exact) mass is 386 g/mol. The zero-order valence-corrected chi connectivity index (χ0v) is 15.5. The third-order valence-electron chi connectivity index (χ3n) is 2.78. The van der Waals surface area contributed by atoms with Crippen molar-refractivity contribution in [3.05, 3.63) is 45.7 Å². The second-order valence-corrected chi connectivity index (χ2v) is 6.65. The highest BCUT2D eigenvalue weighted by atomic mass is 35.5. The average Bonchev–Trinajstić information content (AvgIpc) is 2.50. The van der Waals surface area contributed by atoms with E-state index in [2.05, 4.69) is 9.97 Å². The zero-order chi connectivity index (χ0) is 17.5. The molecule has 1 aromatic heterocycles. The fourth-order valence-corrected chi connectivity index (χ4v) is 3.03. The molecule has 0 unspecified atom stereocenters. The highest BCUT2D eigenvalue weighted by molar-refractivity contribution is 7.99.